The number of pyridine rings is 1. The Kier molecular flexibility index (Phi) is 3.05. The number of hydrogen-bond acceptors (Lipinski definition) is 1. The molecule has 0 saturated heterocycles. The van der Waals surface area contributed by atoms with Crippen LogP contribution in [0, 0.1) is 0 Å². The van der Waals surface area contributed by atoms with Crippen molar-refractivity contribution in [2.24, 2.45) is 0 Å². The van der Waals surface area contributed by atoms with Crippen LogP contribution in [0.15, 0.2) is 30.3 Å². The first-order chi connectivity index (χ1) is 8.02. The molecule has 17 heavy (non-hydrogen) atoms. The topological polar surface area (TPSA) is 12.9 Å². The Morgan fingerprint density at radius 3 is 2.53 bits per heavy atom. The van der Waals surface area contributed by atoms with E-state index in [0.29, 0.717) is 17.5 Å². The minimum absolute atomic E-state index is 0.0472. The highest BCUT2D eigenvalue weighted by Gasteiger charge is 2.33. The summed E-state index contributed by atoms with van der Waals surface area (Å²) in [5, 5.41) is 0.527. The van der Waals surface area contributed by atoms with Gasteiger partial charge in [0.25, 0.3) is 0 Å². The summed E-state index contributed by atoms with van der Waals surface area (Å²) >= 11 is 0. The lowest BCUT2D eigenvalue weighted by Crippen LogP contribution is -2.07. The van der Waals surface area contributed by atoms with Gasteiger partial charge in [0.2, 0.25) is 0 Å². The molecule has 1 nitrogen and oxygen atoms in total. The molecule has 0 fully saturated rings. The molecular formula is C13H12F3N. The zero-order valence-electron chi connectivity index (χ0n) is 9.38. The Morgan fingerprint density at radius 1 is 1.12 bits per heavy atom. The molecule has 2 rings (SSSR count). The average molecular weight is 239 g/mol. The number of aryl methyl sites for hydroxylation is 1. The first kappa shape index (κ1) is 11.9. The largest absolute Gasteiger partial charge is 0.418 e. The number of hydrogen-bond donors (Lipinski definition) is 0. The lowest BCUT2D eigenvalue weighted by atomic mass is 10.1. The van der Waals surface area contributed by atoms with Crippen LogP contribution in [0.5, 0.6) is 0 Å². The minimum atomic E-state index is -4.35. The molecule has 0 unspecified atom stereocenters. The summed E-state index contributed by atoms with van der Waals surface area (Å²) in [5.74, 6) is 0. The van der Waals surface area contributed by atoms with Crippen LogP contribution >= 0.6 is 0 Å². The van der Waals surface area contributed by atoms with Crippen molar-refractivity contribution < 1.29 is 13.2 Å². The molecule has 0 atom stereocenters. The molecule has 4 heteroatoms. The number of halogens is 3. The van der Waals surface area contributed by atoms with Crippen LogP contribution in [-0.4, -0.2) is 4.98 Å². The van der Waals surface area contributed by atoms with Crippen molar-refractivity contribution >= 4 is 10.9 Å². The number of aromatic nitrogens is 1. The molecule has 2 aromatic rings. The summed E-state index contributed by atoms with van der Waals surface area (Å²) in [4.78, 5) is 4.11. The van der Waals surface area contributed by atoms with Gasteiger partial charge in [-0.3, -0.25) is 4.98 Å². The standard InChI is InChI=1S/C13H12F3N/c1-2-4-10-8-7-9-5-3-6-11(12(9)17-10)13(14,15)16/h3,5-8H,2,4H2,1H3. The fraction of sp³-hybridized carbons (Fsp3) is 0.308. The van der Waals surface area contributed by atoms with Crippen molar-refractivity contribution in [1.29, 1.82) is 0 Å². The summed E-state index contributed by atoms with van der Waals surface area (Å²) < 4.78 is 38.4. The van der Waals surface area contributed by atoms with Gasteiger partial charge in [-0.15, -0.1) is 0 Å². The third kappa shape index (κ3) is 2.40. The van der Waals surface area contributed by atoms with Crippen molar-refractivity contribution in [2.45, 2.75) is 25.9 Å². The van der Waals surface area contributed by atoms with E-state index in [1.54, 1.807) is 18.2 Å². The molecule has 1 aromatic carbocycles. The van der Waals surface area contributed by atoms with Gasteiger partial charge in [-0.2, -0.15) is 13.2 Å². The average Bonchev–Trinajstić information content (AvgIpc) is 2.27. The van der Waals surface area contributed by atoms with E-state index in [-0.39, 0.29) is 5.52 Å². The van der Waals surface area contributed by atoms with E-state index in [1.807, 2.05) is 6.92 Å². The molecule has 0 aliphatic heterocycles. The lowest BCUT2D eigenvalue weighted by molar-refractivity contribution is -0.136. The zero-order chi connectivity index (χ0) is 12.5. The molecule has 0 aliphatic rings. The number of benzene rings is 1. The summed E-state index contributed by atoms with van der Waals surface area (Å²) in [6.07, 6.45) is -2.79. The van der Waals surface area contributed by atoms with Gasteiger partial charge in [-0.1, -0.05) is 31.5 Å². The number of nitrogens with zero attached hydrogens (tertiary/aromatic N) is 1. The highest BCUT2D eigenvalue weighted by molar-refractivity contribution is 5.82. The van der Waals surface area contributed by atoms with Gasteiger partial charge in [0.1, 0.15) is 0 Å². The number of fused-ring (bicyclic) bond motifs is 1. The van der Waals surface area contributed by atoms with Crippen LogP contribution in [0.3, 0.4) is 0 Å². The highest BCUT2D eigenvalue weighted by atomic mass is 19.4. The van der Waals surface area contributed by atoms with Gasteiger partial charge in [0.15, 0.2) is 0 Å². The van der Waals surface area contributed by atoms with Gasteiger partial charge >= 0.3 is 6.18 Å². The minimum Gasteiger partial charge on any atom is -0.252 e. The van der Waals surface area contributed by atoms with E-state index in [0.717, 1.165) is 12.5 Å². The zero-order valence-corrected chi connectivity index (χ0v) is 9.38. The molecule has 0 saturated carbocycles. The Balaban J connectivity index is 2.64. The number of alkyl halides is 3. The van der Waals surface area contributed by atoms with Crippen molar-refractivity contribution in [2.75, 3.05) is 0 Å². The second kappa shape index (κ2) is 4.35. The Morgan fingerprint density at radius 2 is 1.88 bits per heavy atom. The van der Waals surface area contributed by atoms with Gasteiger partial charge < -0.3 is 0 Å². The molecule has 1 aromatic heterocycles. The van der Waals surface area contributed by atoms with Crippen LogP contribution in [0.4, 0.5) is 13.2 Å². The van der Waals surface area contributed by atoms with E-state index in [1.165, 1.54) is 6.07 Å². The van der Waals surface area contributed by atoms with Crippen LogP contribution in [0.2, 0.25) is 0 Å². The summed E-state index contributed by atoms with van der Waals surface area (Å²) in [6, 6.07) is 7.61. The third-order valence-electron chi connectivity index (χ3n) is 2.59. The van der Waals surface area contributed by atoms with Gasteiger partial charge in [0.05, 0.1) is 11.1 Å². The first-order valence-electron chi connectivity index (χ1n) is 5.48. The Labute approximate surface area is 97.3 Å². The predicted molar refractivity (Wildman–Crippen MR) is 60.7 cm³/mol. The van der Waals surface area contributed by atoms with Crippen LogP contribution in [0.25, 0.3) is 10.9 Å². The van der Waals surface area contributed by atoms with E-state index < -0.39 is 11.7 Å². The SMILES string of the molecule is CCCc1ccc2cccc(C(F)(F)F)c2n1. The van der Waals surface area contributed by atoms with Gasteiger partial charge in [-0.05, 0) is 18.6 Å². The highest BCUT2D eigenvalue weighted by Crippen LogP contribution is 2.33. The number of rotatable bonds is 2. The van der Waals surface area contributed by atoms with E-state index >= 15 is 0 Å². The molecule has 0 N–H and O–H groups in total. The van der Waals surface area contributed by atoms with Gasteiger partial charge in [0, 0.05) is 11.1 Å². The monoisotopic (exact) mass is 239 g/mol. The third-order valence-corrected chi connectivity index (χ3v) is 2.59. The second-order valence-electron chi connectivity index (χ2n) is 3.93. The summed E-state index contributed by atoms with van der Waals surface area (Å²) in [7, 11) is 0. The quantitative estimate of drug-likeness (QED) is 0.765. The molecule has 0 spiro atoms. The molecule has 0 amide bonds. The number of para-hydroxylation sites is 1. The molecule has 0 radical (unpaired) electrons. The molecule has 1 heterocycles. The summed E-state index contributed by atoms with van der Waals surface area (Å²) in [6.45, 7) is 1.97. The van der Waals surface area contributed by atoms with Crippen molar-refractivity contribution in [3.05, 3.63) is 41.6 Å². The summed E-state index contributed by atoms with van der Waals surface area (Å²) in [5.41, 5.74) is 0.0932. The predicted octanol–water partition coefficient (Wildman–Crippen LogP) is 4.21. The van der Waals surface area contributed by atoms with Crippen molar-refractivity contribution in [1.82, 2.24) is 4.98 Å². The molecule has 90 valence electrons. The van der Waals surface area contributed by atoms with E-state index in [4.69, 9.17) is 0 Å². The van der Waals surface area contributed by atoms with Crippen LogP contribution in [0.1, 0.15) is 24.6 Å². The van der Waals surface area contributed by atoms with E-state index in [9.17, 15) is 13.2 Å². The maximum Gasteiger partial charge on any atom is 0.418 e. The fourth-order valence-corrected chi connectivity index (χ4v) is 1.81. The van der Waals surface area contributed by atoms with Crippen molar-refractivity contribution in [3.63, 3.8) is 0 Å². The van der Waals surface area contributed by atoms with Gasteiger partial charge in [-0.25, -0.2) is 0 Å². The fourth-order valence-electron chi connectivity index (χ4n) is 1.81. The maximum atomic E-state index is 12.8. The molecule has 0 aliphatic carbocycles. The lowest BCUT2D eigenvalue weighted by Gasteiger charge is -2.10. The molecule has 0 bridgehead atoms. The van der Waals surface area contributed by atoms with Crippen LogP contribution < -0.4 is 0 Å². The van der Waals surface area contributed by atoms with Crippen LogP contribution in [-0.2, 0) is 12.6 Å². The normalized spacial score (nSPS) is 12.0. The smallest absolute Gasteiger partial charge is 0.252 e. The Hall–Kier alpha value is -1.58. The van der Waals surface area contributed by atoms with Crippen molar-refractivity contribution in [3.8, 4) is 0 Å². The maximum absolute atomic E-state index is 12.8. The Bertz CT molecular complexity index is 532. The second-order valence-corrected chi connectivity index (χ2v) is 3.93. The molecular weight excluding hydrogens is 227 g/mol. The van der Waals surface area contributed by atoms with E-state index in [2.05, 4.69) is 4.98 Å². The first-order valence-corrected chi connectivity index (χ1v) is 5.48.